The number of phosphoric ester groups is 1. The van der Waals surface area contributed by atoms with Gasteiger partial charge < -0.3 is 23.4 Å². The third-order valence-electron chi connectivity index (χ3n) is 7.61. The zero-order valence-electron chi connectivity index (χ0n) is 20.6. The quantitative estimate of drug-likeness (QED) is 0.249. The minimum atomic E-state index is -4.45. The van der Waals surface area contributed by atoms with E-state index in [4.69, 9.17) is 18.5 Å². The first-order valence-corrected chi connectivity index (χ1v) is 14.1. The molecule has 2 fully saturated rings. The molecule has 190 valence electrons. The van der Waals surface area contributed by atoms with Gasteiger partial charge in [-0.25, -0.2) is 0 Å². The number of likely N-dealkylation sites (tertiary alicyclic amines) is 1. The molecule has 5 atom stereocenters. The maximum atomic E-state index is 12.5. The summed E-state index contributed by atoms with van der Waals surface area (Å²) in [5.74, 6) is 0. The van der Waals surface area contributed by atoms with Crippen LogP contribution in [0.1, 0.15) is 25.3 Å². The van der Waals surface area contributed by atoms with Crippen LogP contribution in [0.4, 0.5) is 0 Å². The van der Waals surface area contributed by atoms with Crippen LogP contribution in [-0.2, 0) is 29.6 Å². The second-order valence-corrected chi connectivity index (χ2v) is 11.4. The van der Waals surface area contributed by atoms with Crippen LogP contribution in [-0.4, -0.2) is 56.1 Å². The Hall–Kier alpha value is -2.09. The van der Waals surface area contributed by atoms with Crippen LogP contribution in [0.25, 0.3) is 32.3 Å². The Morgan fingerprint density at radius 2 is 1.78 bits per heavy atom. The first kappa shape index (κ1) is 24.3. The number of benzene rings is 4. The zero-order valence-corrected chi connectivity index (χ0v) is 21.5. The van der Waals surface area contributed by atoms with Crippen LogP contribution < -0.4 is 4.89 Å². The Balaban J connectivity index is 1.12. The molecular weight excluding hydrogens is 477 g/mol. The van der Waals surface area contributed by atoms with E-state index < -0.39 is 20.0 Å². The Kier molecular flexibility index (Phi) is 6.51. The highest BCUT2D eigenvalue weighted by Crippen LogP contribution is 2.43. The molecule has 7 nitrogen and oxygen atoms in total. The van der Waals surface area contributed by atoms with Gasteiger partial charge in [0.05, 0.1) is 24.9 Å². The number of phosphoric acid groups is 1. The Bertz CT molecular complexity index is 1410. The minimum absolute atomic E-state index is 0.0126. The van der Waals surface area contributed by atoms with E-state index in [1.807, 2.05) is 6.92 Å². The third-order valence-corrected chi connectivity index (χ3v) is 8.63. The lowest BCUT2D eigenvalue weighted by Crippen LogP contribution is -2.30. The molecule has 0 amide bonds. The van der Waals surface area contributed by atoms with Crippen LogP contribution in [0, 0.1) is 0 Å². The van der Waals surface area contributed by atoms with Crippen LogP contribution in [0.2, 0.25) is 0 Å². The number of hydrogen-bond donors (Lipinski definition) is 0. The molecule has 36 heavy (non-hydrogen) atoms. The van der Waals surface area contributed by atoms with Gasteiger partial charge in [0.2, 0.25) is 0 Å². The van der Waals surface area contributed by atoms with E-state index in [1.54, 1.807) is 7.11 Å². The van der Waals surface area contributed by atoms with Gasteiger partial charge in [0, 0.05) is 33.2 Å². The molecule has 2 aliphatic heterocycles. The number of methoxy groups -OCH3 is 1. The molecular formula is C28H31NO6P-. The lowest BCUT2D eigenvalue weighted by Gasteiger charge is -2.28. The molecule has 0 aliphatic carbocycles. The summed E-state index contributed by atoms with van der Waals surface area (Å²) in [5.41, 5.74) is 1.24. The minimum Gasteiger partial charge on any atom is -0.756 e. The molecule has 0 saturated carbocycles. The Morgan fingerprint density at radius 3 is 2.56 bits per heavy atom. The summed E-state index contributed by atoms with van der Waals surface area (Å²) in [6.07, 6.45) is 0.361. The number of hydrogen-bond acceptors (Lipinski definition) is 7. The molecule has 8 heteroatoms. The number of nitrogens with zero attached hydrogens (tertiary/aromatic N) is 1. The van der Waals surface area contributed by atoms with E-state index in [1.165, 1.54) is 37.9 Å². The molecule has 4 aromatic rings. The Morgan fingerprint density at radius 1 is 1.06 bits per heavy atom. The van der Waals surface area contributed by atoms with Crippen LogP contribution >= 0.6 is 7.82 Å². The molecule has 2 aliphatic rings. The Labute approximate surface area is 210 Å². The maximum absolute atomic E-state index is 12.5. The summed E-state index contributed by atoms with van der Waals surface area (Å²) in [6, 6.07) is 19.6. The molecule has 0 spiro atoms. The maximum Gasteiger partial charge on any atom is 0.268 e. The predicted octanol–water partition coefficient (Wildman–Crippen LogP) is 4.85. The van der Waals surface area contributed by atoms with E-state index in [9.17, 15) is 9.46 Å². The van der Waals surface area contributed by atoms with E-state index in [2.05, 4.69) is 59.5 Å². The lowest BCUT2D eigenvalue weighted by molar-refractivity contribution is -0.232. The molecule has 0 N–H and O–H groups in total. The smallest absolute Gasteiger partial charge is 0.268 e. The van der Waals surface area contributed by atoms with Gasteiger partial charge in [0.1, 0.15) is 6.10 Å². The van der Waals surface area contributed by atoms with Crippen LogP contribution in [0.15, 0.2) is 54.6 Å². The fraction of sp³-hybridized carbons (Fsp3) is 0.429. The zero-order chi connectivity index (χ0) is 24.9. The molecule has 0 aromatic heterocycles. The monoisotopic (exact) mass is 508 g/mol. The molecule has 6 rings (SSSR count). The third kappa shape index (κ3) is 4.66. The molecule has 2 heterocycles. The number of rotatable bonds is 8. The average molecular weight is 509 g/mol. The average Bonchev–Trinajstić information content (AvgIpc) is 3.46. The van der Waals surface area contributed by atoms with Crippen molar-refractivity contribution in [2.45, 2.75) is 50.7 Å². The fourth-order valence-corrected chi connectivity index (χ4v) is 6.82. The second-order valence-electron chi connectivity index (χ2n) is 10.1. The molecule has 2 saturated heterocycles. The highest BCUT2D eigenvalue weighted by molar-refractivity contribution is 7.45. The van der Waals surface area contributed by atoms with Crippen molar-refractivity contribution in [1.82, 2.24) is 4.90 Å². The number of ether oxygens (including phenoxy) is 2. The van der Waals surface area contributed by atoms with Gasteiger partial charge in [0.15, 0.2) is 0 Å². The molecule has 5 unspecified atom stereocenters. The van der Waals surface area contributed by atoms with E-state index in [-0.39, 0.29) is 18.8 Å². The van der Waals surface area contributed by atoms with Gasteiger partial charge >= 0.3 is 0 Å². The van der Waals surface area contributed by atoms with Crippen molar-refractivity contribution in [3.8, 4) is 0 Å². The van der Waals surface area contributed by atoms with Gasteiger partial charge in [-0.05, 0) is 51.2 Å². The topological polar surface area (TPSA) is 80.3 Å². The fourth-order valence-electron chi connectivity index (χ4n) is 5.89. The van der Waals surface area contributed by atoms with Crippen molar-refractivity contribution in [2.75, 3.05) is 26.8 Å². The van der Waals surface area contributed by atoms with Gasteiger partial charge in [0.25, 0.3) is 7.82 Å². The highest BCUT2D eigenvalue weighted by Gasteiger charge is 2.35. The summed E-state index contributed by atoms with van der Waals surface area (Å²) < 4.78 is 34.3. The van der Waals surface area contributed by atoms with Crippen LogP contribution in [0.3, 0.4) is 0 Å². The summed E-state index contributed by atoms with van der Waals surface area (Å²) in [6.45, 7) is 3.88. The lowest BCUT2D eigenvalue weighted by atomic mass is 9.92. The summed E-state index contributed by atoms with van der Waals surface area (Å²) in [7, 11) is -2.85. The van der Waals surface area contributed by atoms with Gasteiger partial charge in [-0.1, -0.05) is 54.6 Å². The largest absolute Gasteiger partial charge is 0.756 e. The van der Waals surface area contributed by atoms with Gasteiger partial charge in [-0.15, -0.1) is 0 Å². The van der Waals surface area contributed by atoms with Crippen molar-refractivity contribution < 1.29 is 28.0 Å². The van der Waals surface area contributed by atoms with Crippen molar-refractivity contribution in [3.63, 3.8) is 0 Å². The summed E-state index contributed by atoms with van der Waals surface area (Å²) >= 11 is 0. The van der Waals surface area contributed by atoms with E-state index in [0.29, 0.717) is 13.0 Å². The molecule has 4 aromatic carbocycles. The van der Waals surface area contributed by atoms with Crippen molar-refractivity contribution in [1.29, 1.82) is 0 Å². The van der Waals surface area contributed by atoms with E-state index in [0.717, 1.165) is 19.5 Å². The van der Waals surface area contributed by atoms with E-state index >= 15 is 0 Å². The van der Waals surface area contributed by atoms with Gasteiger partial charge in [-0.2, -0.15) is 0 Å². The van der Waals surface area contributed by atoms with Crippen molar-refractivity contribution >= 4 is 40.1 Å². The molecule has 0 bridgehead atoms. The van der Waals surface area contributed by atoms with Crippen molar-refractivity contribution in [2.24, 2.45) is 0 Å². The SMILES string of the molecule is COC1CC(C)OC1COP(=O)([O-])OC1CCN(Cc2ccc3ccc4cccc5ccc2c3c45)C1. The standard InChI is InChI=1S/C28H32NO6P/c1-18-14-25(32-2)26(34-18)17-33-36(30,31)35-23-12-13-29(16-23)15-22-9-8-21-7-6-19-4-3-5-20-10-11-24(22)28(21)27(19)20/h3-11,18,23,25-26H,12-17H2,1-2H3,(H,30,31)/p-1. The molecule has 0 radical (unpaired) electrons. The summed E-state index contributed by atoms with van der Waals surface area (Å²) in [5, 5.41) is 7.58. The van der Waals surface area contributed by atoms with Gasteiger partial charge in [-0.3, -0.25) is 9.46 Å². The van der Waals surface area contributed by atoms with Crippen LogP contribution in [0.5, 0.6) is 0 Å². The first-order chi connectivity index (χ1) is 17.4. The highest BCUT2D eigenvalue weighted by atomic mass is 31.2. The predicted molar refractivity (Wildman–Crippen MR) is 138 cm³/mol. The van der Waals surface area contributed by atoms with Crippen molar-refractivity contribution in [3.05, 3.63) is 60.2 Å². The normalized spacial score (nSPS) is 27.0. The summed E-state index contributed by atoms with van der Waals surface area (Å²) in [4.78, 5) is 14.8. The second kappa shape index (κ2) is 9.66. The first-order valence-electron chi connectivity index (χ1n) is 12.6.